The minimum absolute atomic E-state index is 0.0259. The summed E-state index contributed by atoms with van der Waals surface area (Å²) in [7, 11) is 1.49. The molecule has 10 nitrogen and oxygen atoms in total. The molecule has 3 rings (SSSR count). The van der Waals surface area contributed by atoms with E-state index in [0.29, 0.717) is 5.69 Å². The van der Waals surface area contributed by atoms with Gasteiger partial charge >= 0.3 is 17.7 Å². The lowest BCUT2D eigenvalue weighted by molar-refractivity contribution is -0.139. The second-order valence-electron chi connectivity index (χ2n) is 7.08. The van der Waals surface area contributed by atoms with Crippen LogP contribution in [0.15, 0.2) is 59.5 Å². The molecule has 2 aromatic carbocycles. The zero-order chi connectivity index (χ0) is 24.8. The molecule has 3 amide bonds. The summed E-state index contributed by atoms with van der Waals surface area (Å²) in [6.07, 6.45) is 0.824. The first-order valence-corrected chi connectivity index (χ1v) is 10.6. The second kappa shape index (κ2) is 10.8. The number of aromatic nitrogens is 2. The van der Waals surface area contributed by atoms with Crippen molar-refractivity contribution in [3.05, 3.63) is 86.4 Å². The molecule has 1 heterocycles. The molecule has 0 aliphatic rings. The molecule has 1 atom stereocenters. The predicted octanol–water partition coefficient (Wildman–Crippen LogP) is 3.17. The fourth-order valence-electron chi connectivity index (χ4n) is 3.01. The van der Waals surface area contributed by atoms with Crippen LogP contribution < -0.4 is 21.2 Å². The van der Waals surface area contributed by atoms with E-state index in [9.17, 15) is 24.3 Å². The number of carboxylic acid groups (broad SMARTS) is 1. The lowest BCUT2D eigenvalue weighted by Gasteiger charge is -2.22. The lowest BCUT2D eigenvalue weighted by atomic mass is 10.1. The molecule has 4 N–H and O–H groups in total. The summed E-state index contributed by atoms with van der Waals surface area (Å²) in [4.78, 5) is 56.2. The highest BCUT2D eigenvalue weighted by Gasteiger charge is 2.25. The van der Waals surface area contributed by atoms with Gasteiger partial charge in [-0.05, 0) is 24.3 Å². The fourth-order valence-corrected chi connectivity index (χ4v) is 3.58. The topological polar surface area (TPSA) is 144 Å². The normalized spacial score (nSPS) is 11.4. The largest absolute Gasteiger partial charge is 0.480 e. The van der Waals surface area contributed by atoms with Crippen LogP contribution in [0.5, 0.6) is 0 Å². The Morgan fingerprint density at radius 1 is 1.09 bits per heavy atom. The second-order valence-corrected chi connectivity index (χ2v) is 7.89. The Balaban J connectivity index is 1.83. The third kappa shape index (κ3) is 5.91. The van der Waals surface area contributed by atoms with Gasteiger partial charge in [0.05, 0.1) is 15.6 Å². The summed E-state index contributed by atoms with van der Waals surface area (Å²) >= 11 is 12.1. The van der Waals surface area contributed by atoms with Crippen LogP contribution in [0.2, 0.25) is 10.0 Å². The number of para-hydroxylation sites is 1. The first-order chi connectivity index (χ1) is 16.2. The van der Waals surface area contributed by atoms with E-state index < -0.39 is 29.6 Å². The van der Waals surface area contributed by atoms with Gasteiger partial charge in [0.2, 0.25) is 0 Å². The maximum atomic E-state index is 12.7. The average molecular weight is 504 g/mol. The van der Waals surface area contributed by atoms with Gasteiger partial charge in [-0.25, -0.2) is 19.4 Å². The number of carbonyl (C=O) groups is 3. The van der Waals surface area contributed by atoms with Gasteiger partial charge in [-0.3, -0.25) is 14.7 Å². The number of hydrogen-bond donors (Lipinski definition) is 4. The van der Waals surface area contributed by atoms with E-state index >= 15 is 0 Å². The molecule has 34 heavy (non-hydrogen) atoms. The quantitative estimate of drug-likeness (QED) is 0.389. The van der Waals surface area contributed by atoms with Crippen LogP contribution in [0.1, 0.15) is 15.9 Å². The van der Waals surface area contributed by atoms with Crippen molar-refractivity contribution in [3.63, 3.8) is 0 Å². The highest BCUT2D eigenvalue weighted by molar-refractivity contribution is 6.40. The molecule has 3 aromatic rings. The third-order valence-corrected chi connectivity index (χ3v) is 5.42. The first kappa shape index (κ1) is 24.7. The number of halogens is 2. The minimum Gasteiger partial charge on any atom is -0.480 e. The van der Waals surface area contributed by atoms with E-state index in [2.05, 4.69) is 20.6 Å². The van der Waals surface area contributed by atoms with Gasteiger partial charge in [0.25, 0.3) is 5.91 Å². The molecule has 0 spiro atoms. The maximum Gasteiger partial charge on any atom is 0.346 e. The Kier molecular flexibility index (Phi) is 7.87. The van der Waals surface area contributed by atoms with E-state index in [1.807, 2.05) is 0 Å². The molecule has 0 aliphatic carbocycles. The average Bonchev–Trinajstić information content (AvgIpc) is 2.80. The van der Waals surface area contributed by atoms with Gasteiger partial charge < -0.3 is 15.7 Å². The van der Waals surface area contributed by atoms with Crippen LogP contribution in [0.3, 0.4) is 0 Å². The van der Waals surface area contributed by atoms with Crippen LogP contribution in [0.4, 0.5) is 16.3 Å². The summed E-state index contributed by atoms with van der Waals surface area (Å²) in [5.74, 6) is -2.15. The number of aliphatic carboxylic acids is 1. The summed E-state index contributed by atoms with van der Waals surface area (Å²) in [6, 6.07) is 11.1. The molecule has 1 unspecified atom stereocenters. The number of carbonyl (C=O) groups excluding carboxylic acids is 2. The Morgan fingerprint density at radius 2 is 1.74 bits per heavy atom. The Bertz CT molecular complexity index is 1260. The number of urea groups is 1. The van der Waals surface area contributed by atoms with E-state index in [1.165, 1.54) is 24.1 Å². The van der Waals surface area contributed by atoms with Crippen molar-refractivity contribution in [2.45, 2.75) is 12.5 Å². The number of anilines is 2. The van der Waals surface area contributed by atoms with Crippen molar-refractivity contribution >= 4 is 52.6 Å². The molecule has 0 radical (unpaired) electrons. The van der Waals surface area contributed by atoms with Crippen LogP contribution in [0.25, 0.3) is 0 Å². The molecule has 0 saturated heterocycles. The lowest BCUT2D eigenvalue weighted by Crippen LogP contribution is -2.48. The monoisotopic (exact) mass is 503 g/mol. The summed E-state index contributed by atoms with van der Waals surface area (Å²) in [5, 5.41) is 14.7. The number of H-pyrrole nitrogens is 1. The Morgan fingerprint density at radius 3 is 2.35 bits per heavy atom. The van der Waals surface area contributed by atoms with Crippen LogP contribution in [-0.2, 0) is 11.2 Å². The van der Waals surface area contributed by atoms with Crippen molar-refractivity contribution in [3.8, 4) is 0 Å². The highest BCUT2D eigenvalue weighted by atomic mass is 35.5. The van der Waals surface area contributed by atoms with Crippen LogP contribution >= 0.6 is 23.2 Å². The Hall–Kier alpha value is -3.89. The summed E-state index contributed by atoms with van der Waals surface area (Å²) < 4.78 is 0. The number of benzene rings is 2. The molecule has 0 fully saturated rings. The zero-order valence-electron chi connectivity index (χ0n) is 17.7. The summed E-state index contributed by atoms with van der Waals surface area (Å²) in [5.41, 5.74) is -0.0864. The number of nitrogens with one attached hydrogen (secondary N) is 3. The van der Waals surface area contributed by atoms with Gasteiger partial charge in [-0.1, -0.05) is 47.5 Å². The fraction of sp³-hybridized carbons (Fsp3) is 0.136. The molecular weight excluding hydrogens is 485 g/mol. The molecule has 1 aromatic heterocycles. The van der Waals surface area contributed by atoms with Crippen molar-refractivity contribution in [2.24, 2.45) is 0 Å². The van der Waals surface area contributed by atoms with Crippen LogP contribution in [0, 0.1) is 0 Å². The van der Waals surface area contributed by atoms with Gasteiger partial charge in [0, 0.05) is 30.9 Å². The number of nitrogens with zero attached hydrogens (tertiary/aromatic N) is 2. The number of aromatic amines is 1. The smallest absolute Gasteiger partial charge is 0.346 e. The summed E-state index contributed by atoms with van der Waals surface area (Å²) in [6.45, 7) is 0. The van der Waals surface area contributed by atoms with E-state index in [4.69, 9.17) is 23.2 Å². The molecular formula is C22H19Cl2N5O5. The van der Waals surface area contributed by atoms with E-state index in [0.717, 1.165) is 6.20 Å². The standard InChI is InChI=1S/C22H19Cl2N5O5/c1-29(13-6-3-2-4-7-13)22(34)26-16(20(31)32)10-12-11-25-21(33)28-18(12)27-19(30)17-14(23)8-5-9-15(17)24/h2-9,11,16H,10H2,1H3,(H,26,34)(H,31,32)(H2,25,27,28,30,33). The van der Waals surface area contributed by atoms with Crippen molar-refractivity contribution in [1.29, 1.82) is 0 Å². The molecule has 0 aliphatic heterocycles. The van der Waals surface area contributed by atoms with Gasteiger partial charge in [-0.2, -0.15) is 0 Å². The van der Waals surface area contributed by atoms with Crippen molar-refractivity contribution < 1.29 is 19.5 Å². The van der Waals surface area contributed by atoms with Gasteiger partial charge in [0.1, 0.15) is 11.9 Å². The molecule has 0 saturated carbocycles. The number of rotatable bonds is 7. The SMILES string of the molecule is CN(C(=O)NC(Cc1cnc(=O)[nH]c1NC(=O)c1c(Cl)cccc1Cl)C(=O)O)c1ccccc1. The van der Waals surface area contributed by atoms with Gasteiger partial charge in [0.15, 0.2) is 0 Å². The van der Waals surface area contributed by atoms with Crippen molar-refractivity contribution in [1.82, 2.24) is 15.3 Å². The molecule has 12 heteroatoms. The van der Waals surface area contributed by atoms with Gasteiger partial charge in [-0.15, -0.1) is 0 Å². The number of amides is 3. The van der Waals surface area contributed by atoms with E-state index in [-0.39, 0.29) is 33.4 Å². The molecule has 0 bridgehead atoms. The predicted molar refractivity (Wildman–Crippen MR) is 128 cm³/mol. The van der Waals surface area contributed by atoms with Crippen molar-refractivity contribution in [2.75, 3.05) is 17.3 Å². The van der Waals surface area contributed by atoms with Crippen LogP contribution in [-0.4, -0.2) is 46.1 Å². The molecule has 176 valence electrons. The maximum absolute atomic E-state index is 12.7. The number of carboxylic acids is 1. The van der Waals surface area contributed by atoms with E-state index in [1.54, 1.807) is 36.4 Å². The zero-order valence-corrected chi connectivity index (χ0v) is 19.2. The number of hydrogen-bond acceptors (Lipinski definition) is 5. The third-order valence-electron chi connectivity index (χ3n) is 4.79. The first-order valence-electron chi connectivity index (χ1n) is 9.83. The Labute approximate surface area is 203 Å². The minimum atomic E-state index is -1.40. The highest BCUT2D eigenvalue weighted by Crippen LogP contribution is 2.25.